The molecule has 0 N–H and O–H groups in total. The fraction of sp³-hybridized carbons (Fsp3) is 0.600. The molecule has 0 aliphatic carbocycles. The van der Waals surface area contributed by atoms with Gasteiger partial charge in [-0.2, -0.15) is 0 Å². The average molecular weight is 285 g/mol. The van der Waals surface area contributed by atoms with Crippen LogP contribution in [0.2, 0.25) is 0 Å². The highest BCUT2D eigenvalue weighted by molar-refractivity contribution is 6.21. The van der Waals surface area contributed by atoms with Crippen molar-refractivity contribution in [3.05, 3.63) is 23.3 Å². The molecule has 2 atom stereocenters. The van der Waals surface area contributed by atoms with Crippen molar-refractivity contribution < 1.29 is 14.2 Å². The number of rotatable bonds is 5. The summed E-state index contributed by atoms with van der Waals surface area (Å²) in [6.07, 6.45) is 3.38. The number of methoxy groups -OCH3 is 2. The van der Waals surface area contributed by atoms with Gasteiger partial charge in [0.15, 0.2) is 11.5 Å². The van der Waals surface area contributed by atoms with Gasteiger partial charge in [-0.15, -0.1) is 11.6 Å². The van der Waals surface area contributed by atoms with Gasteiger partial charge in [-0.25, -0.2) is 0 Å². The molecule has 1 aliphatic rings. The Morgan fingerprint density at radius 2 is 2.00 bits per heavy atom. The molecule has 3 nitrogen and oxygen atoms in total. The second-order valence-corrected chi connectivity index (χ2v) is 5.43. The lowest BCUT2D eigenvalue weighted by Crippen LogP contribution is -2.09. The molecule has 106 valence electrons. The molecule has 1 aromatic rings. The summed E-state index contributed by atoms with van der Waals surface area (Å²) in [5.74, 6) is 1.46. The van der Waals surface area contributed by atoms with Gasteiger partial charge < -0.3 is 14.2 Å². The van der Waals surface area contributed by atoms with Crippen LogP contribution in [0.5, 0.6) is 11.5 Å². The molecule has 0 aromatic heterocycles. The molecule has 1 aliphatic heterocycles. The zero-order valence-electron chi connectivity index (χ0n) is 11.7. The molecule has 1 fully saturated rings. The SMILES string of the molecule is COc1cc(C)c(C(Cl)CC2CCCO2)cc1OC. The van der Waals surface area contributed by atoms with Gasteiger partial charge in [0.05, 0.1) is 25.7 Å². The standard InChI is InChI=1S/C15H21ClO3/c1-10-7-14(17-2)15(18-3)9-12(10)13(16)8-11-5-4-6-19-11/h7,9,11,13H,4-6,8H2,1-3H3. The first-order chi connectivity index (χ1) is 9.15. The Hall–Kier alpha value is -0.930. The first-order valence-corrected chi connectivity index (χ1v) is 7.07. The van der Waals surface area contributed by atoms with Crippen LogP contribution < -0.4 is 9.47 Å². The van der Waals surface area contributed by atoms with Crippen LogP contribution in [0, 0.1) is 6.92 Å². The summed E-state index contributed by atoms with van der Waals surface area (Å²) < 4.78 is 16.3. The summed E-state index contributed by atoms with van der Waals surface area (Å²) in [6, 6.07) is 3.94. The Balaban J connectivity index is 2.17. The van der Waals surface area contributed by atoms with E-state index < -0.39 is 0 Å². The quantitative estimate of drug-likeness (QED) is 0.769. The van der Waals surface area contributed by atoms with E-state index in [0.29, 0.717) is 0 Å². The highest BCUT2D eigenvalue weighted by Crippen LogP contribution is 2.38. The van der Waals surface area contributed by atoms with Crippen molar-refractivity contribution in [3.63, 3.8) is 0 Å². The van der Waals surface area contributed by atoms with Gasteiger partial charge in [0.25, 0.3) is 0 Å². The van der Waals surface area contributed by atoms with Crippen molar-refractivity contribution in [2.75, 3.05) is 20.8 Å². The molecule has 0 saturated carbocycles. The van der Waals surface area contributed by atoms with Crippen LogP contribution in [-0.2, 0) is 4.74 Å². The van der Waals surface area contributed by atoms with Gasteiger partial charge in [0.1, 0.15) is 0 Å². The summed E-state index contributed by atoms with van der Waals surface area (Å²) in [7, 11) is 3.28. The molecule has 19 heavy (non-hydrogen) atoms. The number of hydrogen-bond acceptors (Lipinski definition) is 3. The van der Waals surface area contributed by atoms with Crippen LogP contribution in [0.3, 0.4) is 0 Å². The highest BCUT2D eigenvalue weighted by atomic mass is 35.5. The Labute approximate surface area is 119 Å². The zero-order chi connectivity index (χ0) is 13.8. The summed E-state index contributed by atoms with van der Waals surface area (Å²) >= 11 is 6.54. The van der Waals surface area contributed by atoms with Crippen LogP contribution >= 0.6 is 11.6 Å². The maximum atomic E-state index is 6.54. The second kappa shape index (κ2) is 6.49. The van der Waals surface area contributed by atoms with Crippen LogP contribution in [0.1, 0.15) is 35.8 Å². The van der Waals surface area contributed by atoms with Crippen molar-refractivity contribution in [2.24, 2.45) is 0 Å². The predicted octanol–water partition coefficient (Wildman–Crippen LogP) is 3.86. The van der Waals surface area contributed by atoms with E-state index in [2.05, 4.69) is 0 Å². The van der Waals surface area contributed by atoms with Crippen molar-refractivity contribution in [2.45, 2.75) is 37.7 Å². The Morgan fingerprint density at radius 3 is 2.58 bits per heavy atom. The molecule has 2 rings (SSSR count). The van der Waals surface area contributed by atoms with Crippen LogP contribution in [-0.4, -0.2) is 26.9 Å². The van der Waals surface area contributed by atoms with E-state index in [1.165, 1.54) is 0 Å². The molecule has 1 aromatic carbocycles. The second-order valence-electron chi connectivity index (χ2n) is 4.90. The monoisotopic (exact) mass is 284 g/mol. The smallest absolute Gasteiger partial charge is 0.161 e. The van der Waals surface area contributed by atoms with E-state index in [1.807, 2.05) is 19.1 Å². The van der Waals surface area contributed by atoms with Crippen LogP contribution in [0.4, 0.5) is 0 Å². The van der Waals surface area contributed by atoms with E-state index in [-0.39, 0.29) is 11.5 Å². The van der Waals surface area contributed by atoms with Crippen molar-refractivity contribution in [3.8, 4) is 11.5 Å². The third kappa shape index (κ3) is 3.34. The molecule has 0 bridgehead atoms. The van der Waals surface area contributed by atoms with E-state index in [1.54, 1.807) is 14.2 Å². The van der Waals surface area contributed by atoms with Gasteiger partial charge >= 0.3 is 0 Å². The van der Waals surface area contributed by atoms with E-state index in [4.69, 9.17) is 25.8 Å². The third-order valence-corrected chi connectivity index (χ3v) is 4.02. The van der Waals surface area contributed by atoms with E-state index >= 15 is 0 Å². The predicted molar refractivity (Wildman–Crippen MR) is 76.5 cm³/mol. The topological polar surface area (TPSA) is 27.7 Å². The minimum atomic E-state index is -0.0529. The normalized spacial score (nSPS) is 20.3. The summed E-state index contributed by atoms with van der Waals surface area (Å²) in [5.41, 5.74) is 2.21. The molecule has 1 saturated heterocycles. The fourth-order valence-electron chi connectivity index (χ4n) is 2.52. The molecule has 4 heteroatoms. The molecule has 0 radical (unpaired) electrons. The highest BCUT2D eigenvalue weighted by Gasteiger charge is 2.22. The molecule has 1 heterocycles. The lowest BCUT2D eigenvalue weighted by Gasteiger charge is -2.19. The minimum Gasteiger partial charge on any atom is -0.493 e. The molecular weight excluding hydrogens is 264 g/mol. The van der Waals surface area contributed by atoms with Crippen molar-refractivity contribution >= 4 is 11.6 Å². The molecular formula is C15H21ClO3. The van der Waals surface area contributed by atoms with E-state index in [0.717, 1.165) is 48.5 Å². The number of benzene rings is 1. The molecule has 0 amide bonds. The fourth-order valence-corrected chi connectivity index (χ4v) is 2.96. The zero-order valence-corrected chi connectivity index (χ0v) is 12.5. The Morgan fingerprint density at radius 1 is 1.32 bits per heavy atom. The van der Waals surface area contributed by atoms with Crippen LogP contribution in [0.15, 0.2) is 12.1 Å². The number of halogens is 1. The Bertz CT molecular complexity index is 428. The van der Waals surface area contributed by atoms with Gasteiger partial charge in [-0.1, -0.05) is 0 Å². The summed E-state index contributed by atoms with van der Waals surface area (Å²) in [6.45, 7) is 2.90. The minimum absolute atomic E-state index is 0.0529. The Kier molecular flexibility index (Phi) is 4.94. The number of hydrogen-bond donors (Lipinski definition) is 0. The number of aryl methyl sites for hydroxylation is 1. The van der Waals surface area contributed by atoms with Gasteiger partial charge in [-0.3, -0.25) is 0 Å². The van der Waals surface area contributed by atoms with Gasteiger partial charge in [-0.05, 0) is 49.4 Å². The van der Waals surface area contributed by atoms with Crippen molar-refractivity contribution in [1.29, 1.82) is 0 Å². The first kappa shape index (κ1) is 14.5. The molecule has 2 unspecified atom stereocenters. The first-order valence-electron chi connectivity index (χ1n) is 6.64. The van der Waals surface area contributed by atoms with Gasteiger partial charge in [0.2, 0.25) is 0 Å². The largest absolute Gasteiger partial charge is 0.493 e. The van der Waals surface area contributed by atoms with Crippen molar-refractivity contribution in [1.82, 2.24) is 0 Å². The number of alkyl halides is 1. The third-order valence-electron chi connectivity index (χ3n) is 3.60. The van der Waals surface area contributed by atoms with Crippen LogP contribution in [0.25, 0.3) is 0 Å². The lowest BCUT2D eigenvalue weighted by molar-refractivity contribution is 0.103. The number of ether oxygens (including phenoxy) is 3. The lowest BCUT2D eigenvalue weighted by atomic mass is 9.99. The van der Waals surface area contributed by atoms with E-state index in [9.17, 15) is 0 Å². The summed E-state index contributed by atoms with van der Waals surface area (Å²) in [5, 5.41) is -0.0529. The van der Waals surface area contributed by atoms with Gasteiger partial charge in [0, 0.05) is 6.61 Å². The average Bonchev–Trinajstić information content (AvgIpc) is 2.90. The maximum Gasteiger partial charge on any atom is 0.161 e. The maximum absolute atomic E-state index is 6.54. The summed E-state index contributed by atoms with van der Waals surface area (Å²) in [4.78, 5) is 0. The molecule has 0 spiro atoms.